The molecule has 5 aromatic rings. The molecule has 11 nitrogen and oxygen atoms in total. The van der Waals surface area contributed by atoms with Crippen LogP contribution >= 0.6 is 0 Å². The van der Waals surface area contributed by atoms with E-state index in [1.54, 1.807) is 60.7 Å². The van der Waals surface area contributed by atoms with Crippen LogP contribution in [0.3, 0.4) is 0 Å². The van der Waals surface area contributed by atoms with Crippen LogP contribution in [0.1, 0.15) is 61.6 Å². The van der Waals surface area contributed by atoms with Crippen LogP contribution in [0, 0.1) is 24.7 Å². The molecule has 5 rings (SSSR count). The summed E-state index contributed by atoms with van der Waals surface area (Å²) >= 11 is 0. The quantitative estimate of drug-likeness (QED) is 0.0415. The summed E-state index contributed by atoms with van der Waals surface area (Å²) in [6, 6.07) is 31.0. The minimum atomic E-state index is -1.31. The van der Waals surface area contributed by atoms with Gasteiger partial charge in [-0.05, 0) is 83.9 Å². The van der Waals surface area contributed by atoms with Gasteiger partial charge in [0, 0.05) is 11.0 Å². The van der Waals surface area contributed by atoms with Crippen LogP contribution in [0.4, 0.5) is 0 Å². The van der Waals surface area contributed by atoms with E-state index in [4.69, 9.17) is 35.1 Å². The Morgan fingerprint density at radius 2 is 1.15 bits per heavy atom. The van der Waals surface area contributed by atoms with Gasteiger partial charge in [0.05, 0.1) is 16.7 Å². The Hall–Kier alpha value is -7.21. The van der Waals surface area contributed by atoms with Crippen molar-refractivity contribution in [1.29, 1.82) is 0 Å². The molecular formula is C41H30O11. The molecule has 0 spiro atoms. The zero-order chi connectivity index (χ0) is 37.1. The smallest absolute Gasteiger partial charge is 0.344 e. The van der Waals surface area contributed by atoms with E-state index >= 15 is 0 Å². The fourth-order valence-electron chi connectivity index (χ4n) is 4.98. The molecule has 260 valence electrons. The third-order valence-electron chi connectivity index (χ3n) is 7.78. The number of esters is 1. The number of terminal acetylenes is 1. The molecule has 0 unspecified atom stereocenters. The first-order valence-corrected chi connectivity index (χ1v) is 15.5. The number of ether oxygens (including phenoxy) is 4. The summed E-state index contributed by atoms with van der Waals surface area (Å²) in [5, 5.41) is 19.1. The Balaban J connectivity index is 1.19. The highest BCUT2D eigenvalue weighted by molar-refractivity contribution is 6.03. The van der Waals surface area contributed by atoms with Crippen LogP contribution in [-0.2, 0) is 16.9 Å². The second-order valence-electron chi connectivity index (χ2n) is 11.5. The predicted octanol–water partition coefficient (Wildman–Crippen LogP) is 7.48. The standard InChI is InChI=1S/C41H30O11/c1-4-47-34-19-21-36(39(44)45)37(25-34)40(46)51-31-14-10-28(11-15-31)41(2,3)29-12-16-32(17-13-29)52-50-26-27-24-33(18-20-35(27)38(42)43)49-23-22-48-30-8-6-5-7-9-30/h1,5-21,24-25H,26H2,2-3H3,(H,42,43)(H,44,45). The minimum Gasteiger partial charge on any atom is -0.478 e. The molecule has 5 aromatic carbocycles. The number of aromatic carboxylic acids is 2. The number of hydrogen-bond donors (Lipinski definition) is 2. The van der Waals surface area contributed by atoms with E-state index in [0.29, 0.717) is 22.8 Å². The Kier molecular flexibility index (Phi) is 11.4. The first-order chi connectivity index (χ1) is 25.0. The lowest BCUT2D eigenvalue weighted by atomic mass is 9.78. The normalized spacial score (nSPS) is 10.5. The molecule has 0 aliphatic heterocycles. The van der Waals surface area contributed by atoms with Crippen molar-refractivity contribution in [3.8, 4) is 53.5 Å². The summed E-state index contributed by atoms with van der Waals surface area (Å²) in [7, 11) is 0. The highest BCUT2D eigenvalue weighted by Gasteiger charge is 2.24. The monoisotopic (exact) mass is 698 g/mol. The van der Waals surface area contributed by atoms with E-state index in [-0.39, 0.29) is 34.8 Å². The summed E-state index contributed by atoms with van der Waals surface area (Å²) in [4.78, 5) is 47.2. The molecule has 11 heteroatoms. The van der Waals surface area contributed by atoms with Crippen LogP contribution in [0.15, 0.2) is 115 Å². The van der Waals surface area contributed by atoms with Gasteiger partial charge in [-0.1, -0.05) is 62.7 Å². The topological polar surface area (TPSA) is 147 Å². The SMILES string of the molecule is C#COc1ccc(C(=O)O)c(C(=O)Oc2ccc(C(C)(C)c3ccc(OOCc4cc(OC#COc5ccccc5)ccc4C(=O)O)cc3)cc2)c1. The maximum Gasteiger partial charge on any atom is 0.344 e. The van der Waals surface area contributed by atoms with E-state index in [0.717, 1.165) is 11.1 Å². The van der Waals surface area contributed by atoms with E-state index < -0.39 is 23.3 Å². The molecule has 0 aliphatic rings. The molecule has 0 atom stereocenters. The number of benzene rings is 5. The van der Waals surface area contributed by atoms with E-state index in [1.165, 1.54) is 36.4 Å². The molecule has 2 N–H and O–H groups in total. The van der Waals surface area contributed by atoms with Crippen LogP contribution in [0.25, 0.3) is 0 Å². The fourth-order valence-corrected chi connectivity index (χ4v) is 4.98. The highest BCUT2D eigenvalue weighted by atomic mass is 17.2. The van der Waals surface area contributed by atoms with E-state index in [9.17, 15) is 24.6 Å². The van der Waals surface area contributed by atoms with Gasteiger partial charge in [-0.3, -0.25) is 0 Å². The van der Waals surface area contributed by atoms with Crippen molar-refractivity contribution < 1.29 is 53.3 Å². The minimum absolute atomic E-state index is 0.0104. The summed E-state index contributed by atoms with van der Waals surface area (Å²) in [5.74, 6) is -1.78. The lowest BCUT2D eigenvalue weighted by Crippen LogP contribution is -2.19. The lowest BCUT2D eigenvalue weighted by Gasteiger charge is -2.26. The van der Waals surface area contributed by atoms with Crippen molar-refractivity contribution in [2.24, 2.45) is 0 Å². The van der Waals surface area contributed by atoms with Gasteiger partial charge in [-0.15, -0.1) is 0 Å². The Morgan fingerprint density at radius 1 is 0.615 bits per heavy atom. The first-order valence-electron chi connectivity index (χ1n) is 15.5. The lowest BCUT2D eigenvalue weighted by molar-refractivity contribution is -0.217. The van der Waals surface area contributed by atoms with E-state index in [2.05, 4.69) is 12.2 Å². The molecule has 0 fully saturated rings. The largest absolute Gasteiger partial charge is 0.478 e. The summed E-state index contributed by atoms with van der Waals surface area (Å²) in [6.07, 6.45) is 12.0. The summed E-state index contributed by atoms with van der Waals surface area (Å²) < 4.78 is 21.1. The van der Waals surface area contributed by atoms with Gasteiger partial charge in [-0.25, -0.2) is 14.4 Å². The number of carboxylic acids is 2. The molecule has 0 bridgehead atoms. The fraction of sp³-hybridized carbons (Fsp3) is 0.0976. The number of carboxylic acid groups (broad SMARTS) is 2. The molecule has 0 saturated carbocycles. The molecule has 0 amide bonds. The molecule has 0 heterocycles. The van der Waals surface area contributed by atoms with Gasteiger partial charge < -0.3 is 34.0 Å². The van der Waals surface area contributed by atoms with Crippen molar-refractivity contribution >= 4 is 17.9 Å². The molecule has 0 saturated heterocycles. The van der Waals surface area contributed by atoms with E-state index in [1.807, 2.05) is 38.2 Å². The predicted molar refractivity (Wildman–Crippen MR) is 187 cm³/mol. The first kappa shape index (κ1) is 36.1. The summed E-state index contributed by atoms with van der Waals surface area (Å²) in [6.45, 7) is 3.83. The van der Waals surface area contributed by atoms with Gasteiger partial charge >= 0.3 is 17.9 Å². The average Bonchev–Trinajstić information content (AvgIpc) is 3.14. The molecule has 0 aliphatic carbocycles. The van der Waals surface area contributed by atoms with Crippen LogP contribution in [-0.4, -0.2) is 28.1 Å². The average molecular weight is 699 g/mol. The van der Waals surface area contributed by atoms with Gasteiger partial charge in [-0.2, -0.15) is 4.89 Å². The van der Waals surface area contributed by atoms with Gasteiger partial charge in [0.15, 0.2) is 18.0 Å². The van der Waals surface area contributed by atoms with Crippen LogP contribution in [0.5, 0.6) is 28.7 Å². The van der Waals surface area contributed by atoms with Crippen molar-refractivity contribution in [1.82, 2.24) is 0 Å². The number of carbonyl (C=O) groups excluding carboxylic acids is 1. The third kappa shape index (κ3) is 9.07. The zero-order valence-corrected chi connectivity index (χ0v) is 27.8. The highest BCUT2D eigenvalue weighted by Crippen LogP contribution is 2.34. The second kappa shape index (κ2) is 16.5. The number of carbonyl (C=O) groups is 3. The van der Waals surface area contributed by atoms with Crippen LogP contribution < -0.4 is 23.8 Å². The van der Waals surface area contributed by atoms with Crippen molar-refractivity contribution in [2.75, 3.05) is 0 Å². The maximum atomic E-state index is 12.9. The second-order valence-corrected chi connectivity index (χ2v) is 11.5. The van der Waals surface area contributed by atoms with Gasteiger partial charge in [0.1, 0.15) is 35.7 Å². The third-order valence-corrected chi connectivity index (χ3v) is 7.78. The van der Waals surface area contributed by atoms with Crippen LogP contribution in [0.2, 0.25) is 0 Å². The van der Waals surface area contributed by atoms with Gasteiger partial charge in [0.25, 0.3) is 0 Å². The number of rotatable bonds is 13. The number of para-hydroxylation sites is 1. The molecular weight excluding hydrogens is 668 g/mol. The van der Waals surface area contributed by atoms with Crippen molar-refractivity contribution in [2.45, 2.75) is 25.9 Å². The molecule has 0 aromatic heterocycles. The Bertz CT molecular complexity index is 2170. The summed E-state index contributed by atoms with van der Waals surface area (Å²) in [5.41, 5.74) is 1.17. The molecule has 0 radical (unpaired) electrons. The zero-order valence-electron chi connectivity index (χ0n) is 27.8. The molecule has 52 heavy (non-hydrogen) atoms. The Morgan fingerprint density at radius 3 is 1.75 bits per heavy atom. The van der Waals surface area contributed by atoms with Crippen molar-refractivity contribution in [3.63, 3.8) is 0 Å². The number of hydrogen-bond acceptors (Lipinski definition) is 9. The Labute approximate surface area is 298 Å². The van der Waals surface area contributed by atoms with Crippen molar-refractivity contribution in [3.05, 3.63) is 149 Å². The van der Waals surface area contributed by atoms with Gasteiger partial charge in [0.2, 0.25) is 0 Å². The maximum absolute atomic E-state index is 12.9.